The largest absolute Gasteiger partial charge is 0.380 e. The second-order valence-electron chi connectivity index (χ2n) is 8.24. The van der Waals surface area contributed by atoms with Gasteiger partial charge in [-0.25, -0.2) is 9.98 Å². The Morgan fingerprint density at radius 3 is 2.48 bits per heavy atom. The van der Waals surface area contributed by atoms with Crippen molar-refractivity contribution in [2.24, 2.45) is 9.98 Å². The second kappa shape index (κ2) is 8.97. The van der Waals surface area contributed by atoms with Crippen LogP contribution >= 0.6 is 0 Å². The van der Waals surface area contributed by atoms with Crippen LogP contribution in [0.3, 0.4) is 0 Å². The van der Waals surface area contributed by atoms with E-state index in [4.69, 9.17) is 4.74 Å². The summed E-state index contributed by atoms with van der Waals surface area (Å²) in [5, 5.41) is 7.16. The molecule has 3 heterocycles. The quantitative estimate of drug-likeness (QED) is 0.779. The topological polar surface area (TPSA) is 104 Å². The highest BCUT2D eigenvalue weighted by molar-refractivity contribution is 6.08. The Balaban J connectivity index is 1.26. The zero-order chi connectivity index (χ0) is 21.0. The molecule has 162 valence electrons. The maximum atomic E-state index is 11.5. The van der Waals surface area contributed by atoms with Crippen molar-refractivity contribution in [2.45, 2.75) is 44.2 Å². The molecule has 3 aliphatic rings. The van der Waals surface area contributed by atoms with Crippen LogP contribution in [0.15, 0.2) is 34.5 Å². The number of nitrogens with zero attached hydrogens (tertiary/aromatic N) is 5. The predicted octanol–water partition coefficient (Wildman–Crippen LogP) is 2.14. The molecule has 1 amide bonds. The fraction of sp³-hybridized carbons (Fsp3) is 0.500. The number of fused-ring (bicyclic) bond motifs is 1. The Morgan fingerprint density at radius 2 is 1.71 bits per heavy atom. The summed E-state index contributed by atoms with van der Waals surface area (Å²) in [4.78, 5) is 30.8. The van der Waals surface area contributed by atoms with Crippen LogP contribution in [-0.4, -0.2) is 66.4 Å². The summed E-state index contributed by atoms with van der Waals surface area (Å²) in [6, 6.07) is 5.04. The molecule has 2 aromatic rings. The number of hydrogen-bond donors (Lipinski definition) is 2. The number of carbonyl (C=O) groups is 1. The molecule has 2 fully saturated rings. The number of nitrogens with one attached hydrogen (secondary N) is 2. The van der Waals surface area contributed by atoms with Crippen LogP contribution in [0.1, 0.15) is 32.1 Å². The van der Waals surface area contributed by atoms with Crippen molar-refractivity contribution in [3.05, 3.63) is 24.5 Å². The molecular formula is C22H27N7O2. The number of anilines is 2. The number of carbonyl (C=O) groups excluding carboxylic acids is 1. The molecule has 5 rings (SSSR count). The third-order valence-corrected chi connectivity index (χ3v) is 6.13. The normalized spacial score (nSPS) is 24.2. The van der Waals surface area contributed by atoms with Gasteiger partial charge in [-0.15, -0.1) is 0 Å². The van der Waals surface area contributed by atoms with E-state index in [1.165, 1.54) is 6.34 Å². The molecule has 2 N–H and O–H groups in total. The smallest absolute Gasteiger partial charge is 0.254 e. The van der Waals surface area contributed by atoms with Crippen LogP contribution in [0.2, 0.25) is 0 Å². The Labute approximate surface area is 181 Å². The maximum absolute atomic E-state index is 11.5. The first-order valence-corrected chi connectivity index (χ1v) is 11.0. The van der Waals surface area contributed by atoms with E-state index in [2.05, 4.69) is 47.6 Å². The summed E-state index contributed by atoms with van der Waals surface area (Å²) in [7, 11) is 0. The van der Waals surface area contributed by atoms with Crippen LogP contribution in [0.4, 0.5) is 11.4 Å². The molecule has 1 aromatic heterocycles. The second-order valence-corrected chi connectivity index (χ2v) is 8.24. The number of ether oxygens (including phenoxy) is 1. The minimum absolute atomic E-state index is 0.138. The Hall–Kier alpha value is -3.07. The fourth-order valence-corrected chi connectivity index (χ4v) is 4.50. The number of amides is 1. The molecule has 0 radical (unpaired) electrons. The molecular weight excluding hydrogens is 394 g/mol. The standard InChI is InChI=1S/C22H27N7O2/c30-21-13-20(25-14-26-21)28-16-3-1-15(2-4-16)27-19-12-17(29-7-9-31-10-8-29)11-18-22(19)24-6-5-23-18/h5-6,11-12,14-16,27H,1-4,7-10,13H2,(H,25,26,28,30). The van der Waals surface area contributed by atoms with E-state index in [-0.39, 0.29) is 12.3 Å². The zero-order valence-corrected chi connectivity index (χ0v) is 17.5. The third kappa shape index (κ3) is 4.66. The van der Waals surface area contributed by atoms with Gasteiger partial charge in [0, 0.05) is 43.3 Å². The van der Waals surface area contributed by atoms with Crippen LogP contribution in [0.25, 0.3) is 11.0 Å². The van der Waals surface area contributed by atoms with E-state index >= 15 is 0 Å². The molecule has 1 saturated heterocycles. The van der Waals surface area contributed by atoms with Gasteiger partial charge < -0.3 is 20.3 Å². The van der Waals surface area contributed by atoms with E-state index in [9.17, 15) is 4.79 Å². The van der Waals surface area contributed by atoms with Crippen molar-refractivity contribution in [1.82, 2.24) is 15.3 Å². The van der Waals surface area contributed by atoms with Gasteiger partial charge in [-0.1, -0.05) is 0 Å². The van der Waals surface area contributed by atoms with E-state index in [0.717, 1.165) is 80.2 Å². The zero-order valence-electron chi connectivity index (χ0n) is 17.5. The Bertz CT molecular complexity index is 1010. The lowest BCUT2D eigenvalue weighted by atomic mass is 9.90. The molecule has 9 heteroatoms. The van der Waals surface area contributed by atoms with E-state index < -0.39 is 0 Å². The van der Waals surface area contributed by atoms with Crippen molar-refractivity contribution in [2.75, 3.05) is 36.5 Å². The van der Waals surface area contributed by atoms with E-state index in [0.29, 0.717) is 12.1 Å². The molecule has 2 aliphatic heterocycles. The summed E-state index contributed by atoms with van der Waals surface area (Å²) in [6.45, 7) is 3.28. The maximum Gasteiger partial charge on any atom is 0.254 e. The Kier molecular flexibility index (Phi) is 5.75. The number of aliphatic imine (C=N–C) groups is 2. The highest BCUT2D eigenvalue weighted by Crippen LogP contribution is 2.31. The molecule has 0 atom stereocenters. The number of benzene rings is 1. The SMILES string of the molecule is O=C1CC(NC2CCC(Nc3cc(N4CCOCC4)cc4nccnc34)CC2)=NC=N1. The van der Waals surface area contributed by atoms with Crippen LogP contribution in [-0.2, 0) is 9.53 Å². The van der Waals surface area contributed by atoms with Crippen molar-refractivity contribution in [3.8, 4) is 0 Å². The first-order valence-electron chi connectivity index (χ1n) is 11.0. The first-order chi connectivity index (χ1) is 15.2. The highest BCUT2D eigenvalue weighted by atomic mass is 16.5. The molecule has 1 aromatic carbocycles. The monoisotopic (exact) mass is 421 g/mol. The van der Waals surface area contributed by atoms with E-state index in [1.807, 2.05) is 0 Å². The van der Waals surface area contributed by atoms with Crippen molar-refractivity contribution in [3.63, 3.8) is 0 Å². The average Bonchev–Trinajstić information content (AvgIpc) is 2.81. The number of rotatable bonds is 4. The van der Waals surface area contributed by atoms with Crippen LogP contribution in [0, 0.1) is 0 Å². The summed E-state index contributed by atoms with van der Waals surface area (Å²) in [5.74, 6) is 0.594. The summed E-state index contributed by atoms with van der Waals surface area (Å²) in [6.07, 6.45) is 9.23. The molecule has 31 heavy (non-hydrogen) atoms. The fourth-order valence-electron chi connectivity index (χ4n) is 4.50. The average molecular weight is 422 g/mol. The molecule has 0 unspecified atom stereocenters. The number of amidine groups is 1. The van der Waals surface area contributed by atoms with Gasteiger partial charge in [0.25, 0.3) is 5.91 Å². The molecule has 1 aliphatic carbocycles. The number of aromatic nitrogens is 2. The van der Waals surface area contributed by atoms with Gasteiger partial charge in [0.1, 0.15) is 17.7 Å². The predicted molar refractivity (Wildman–Crippen MR) is 121 cm³/mol. The molecule has 1 saturated carbocycles. The molecule has 9 nitrogen and oxygen atoms in total. The van der Waals surface area contributed by atoms with Gasteiger partial charge in [-0.2, -0.15) is 0 Å². The van der Waals surface area contributed by atoms with Gasteiger partial charge in [0.2, 0.25) is 0 Å². The first kappa shape index (κ1) is 19.9. The number of morpholine rings is 1. The third-order valence-electron chi connectivity index (χ3n) is 6.13. The molecule has 0 bridgehead atoms. The van der Waals surface area contributed by atoms with Crippen LogP contribution in [0.5, 0.6) is 0 Å². The van der Waals surface area contributed by atoms with Gasteiger partial charge in [0.15, 0.2) is 0 Å². The van der Waals surface area contributed by atoms with Crippen molar-refractivity contribution < 1.29 is 9.53 Å². The van der Waals surface area contributed by atoms with Crippen LogP contribution < -0.4 is 15.5 Å². The number of hydrogen-bond acceptors (Lipinski definition) is 8. The van der Waals surface area contributed by atoms with Gasteiger partial charge in [-0.3, -0.25) is 14.8 Å². The Morgan fingerprint density at radius 1 is 0.968 bits per heavy atom. The van der Waals surface area contributed by atoms with Gasteiger partial charge >= 0.3 is 0 Å². The summed E-state index contributed by atoms with van der Waals surface area (Å²) in [5.41, 5.74) is 4.03. The summed E-state index contributed by atoms with van der Waals surface area (Å²) < 4.78 is 5.51. The van der Waals surface area contributed by atoms with Gasteiger partial charge in [-0.05, 0) is 37.8 Å². The minimum atomic E-state index is -0.138. The highest BCUT2D eigenvalue weighted by Gasteiger charge is 2.24. The summed E-state index contributed by atoms with van der Waals surface area (Å²) >= 11 is 0. The van der Waals surface area contributed by atoms with Crippen molar-refractivity contribution in [1.29, 1.82) is 0 Å². The molecule has 0 spiro atoms. The minimum Gasteiger partial charge on any atom is -0.380 e. The lowest BCUT2D eigenvalue weighted by Gasteiger charge is -2.32. The van der Waals surface area contributed by atoms with Crippen molar-refractivity contribution >= 4 is 40.5 Å². The van der Waals surface area contributed by atoms with Gasteiger partial charge in [0.05, 0.1) is 30.8 Å². The lowest BCUT2D eigenvalue weighted by molar-refractivity contribution is -0.116. The van der Waals surface area contributed by atoms with E-state index in [1.54, 1.807) is 12.4 Å². The lowest BCUT2D eigenvalue weighted by Crippen LogP contribution is -2.41.